The summed E-state index contributed by atoms with van der Waals surface area (Å²) < 4.78 is 1.71. The Morgan fingerprint density at radius 2 is 1.78 bits per heavy atom. The first-order valence-electron chi connectivity index (χ1n) is 11.7. The maximum Gasteiger partial charge on any atom is 0.325 e. The summed E-state index contributed by atoms with van der Waals surface area (Å²) in [6.45, 7) is 1.23. The topological polar surface area (TPSA) is 112 Å². The molecule has 0 spiro atoms. The van der Waals surface area contributed by atoms with Gasteiger partial charge in [0.1, 0.15) is 0 Å². The quantitative estimate of drug-likeness (QED) is 0.365. The zero-order valence-corrected chi connectivity index (χ0v) is 20.9. The van der Waals surface area contributed by atoms with Gasteiger partial charge in [-0.3, -0.25) is 10.1 Å². The van der Waals surface area contributed by atoms with Gasteiger partial charge in [-0.05, 0) is 34.5 Å². The Bertz CT molecular complexity index is 1250. The van der Waals surface area contributed by atoms with Crippen molar-refractivity contribution in [3.63, 3.8) is 0 Å². The zero-order chi connectivity index (χ0) is 25.1. The smallest absolute Gasteiger partial charge is 0.325 e. The van der Waals surface area contributed by atoms with Crippen molar-refractivity contribution in [2.24, 2.45) is 4.99 Å². The summed E-state index contributed by atoms with van der Waals surface area (Å²) in [5.41, 5.74) is 2.03. The fraction of sp³-hybridized carbons (Fsp3) is 0.333. The molecule has 12 heteroatoms. The first-order chi connectivity index (χ1) is 17.5. The minimum Gasteiger partial charge on any atom is -0.341 e. The van der Waals surface area contributed by atoms with E-state index in [1.807, 2.05) is 65.4 Å². The van der Waals surface area contributed by atoms with E-state index in [2.05, 4.69) is 33.0 Å². The Kier molecular flexibility index (Phi) is 6.85. The second-order valence-electron chi connectivity index (χ2n) is 8.64. The SMILES string of the molecule is CN(Cc1ccccc1)C1=NC2C(C(=O)NC(=O)N2C)N1CCCSc1nnnn1-c1ccccc1. The Morgan fingerprint density at radius 3 is 2.53 bits per heavy atom. The third kappa shape index (κ3) is 4.76. The minimum absolute atomic E-state index is 0.323. The summed E-state index contributed by atoms with van der Waals surface area (Å²) >= 11 is 1.56. The number of hydrogen-bond acceptors (Lipinski definition) is 9. The number of amides is 3. The number of carbonyl (C=O) groups excluding carboxylic acids is 2. The molecule has 0 bridgehead atoms. The monoisotopic (exact) mass is 505 g/mol. The van der Waals surface area contributed by atoms with Gasteiger partial charge >= 0.3 is 6.03 Å². The van der Waals surface area contributed by atoms with Crippen molar-refractivity contribution in [3.8, 4) is 5.69 Å². The van der Waals surface area contributed by atoms with E-state index < -0.39 is 18.2 Å². The molecule has 0 aliphatic carbocycles. The second-order valence-corrected chi connectivity index (χ2v) is 9.70. The molecule has 0 saturated carbocycles. The molecule has 3 heterocycles. The minimum atomic E-state index is -0.569. The Labute approximate surface area is 213 Å². The molecule has 2 aliphatic heterocycles. The van der Waals surface area contributed by atoms with Gasteiger partial charge in [0.15, 0.2) is 18.2 Å². The van der Waals surface area contributed by atoms with E-state index in [4.69, 9.17) is 4.99 Å². The predicted molar refractivity (Wildman–Crippen MR) is 135 cm³/mol. The van der Waals surface area contributed by atoms with Crippen molar-refractivity contribution < 1.29 is 9.59 Å². The average Bonchev–Trinajstić information content (AvgIpc) is 3.52. The molecule has 36 heavy (non-hydrogen) atoms. The number of aliphatic imine (C=N–C) groups is 1. The third-order valence-electron chi connectivity index (χ3n) is 6.16. The number of benzene rings is 2. The van der Waals surface area contributed by atoms with Gasteiger partial charge in [-0.15, -0.1) is 5.10 Å². The number of nitrogens with one attached hydrogen (secondary N) is 1. The molecule has 0 radical (unpaired) electrons. The van der Waals surface area contributed by atoms with Crippen LogP contribution in [0.25, 0.3) is 5.69 Å². The van der Waals surface area contributed by atoms with Gasteiger partial charge in [-0.1, -0.05) is 60.3 Å². The van der Waals surface area contributed by atoms with E-state index >= 15 is 0 Å². The van der Waals surface area contributed by atoms with Gasteiger partial charge in [0.05, 0.1) is 5.69 Å². The lowest BCUT2D eigenvalue weighted by Crippen LogP contribution is -2.64. The average molecular weight is 506 g/mol. The van der Waals surface area contributed by atoms with Crippen LogP contribution in [0, 0.1) is 0 Å². The fourth-order valence-electron chi connectivity index (χ4n) is 4.39. The van der Waals surface area contributed by atoms with Crippen molar-refractivity contribution in [1.82, 2.24) is 40.2 Å². The number of rotatable bonds is 8. The molecule has 3 amide bonds. The molecule has 3 aromatic rings. The molecular formula is C24H27N9O2S. The highest BCUT2D eigenvalue weighted by molar-refractivity contribution is 7.99. The van der Waals surface area contributed by atoms with Crippen LogP contribution in [0.2, 0.25) is 0 Å². The Hall–Kier alpha value is -3.93. The summed E-state index contributed by atoms with van der Waals surface area (Å²) in [5, 5.41) is 15.3. The van der Waals surface area contributed by atoms with Crippen LogP contribution in [-0.2, 0) is 11.3 Å². The summed E-state index contributed by atoms with van der Waals surface area (Å²) in [6, 6.07) is 18.8. The largest absolute Gasteiger partial charge is 0.341 e. The molecule has 2 aromatic carbocycles. The first-order valence-corrected chi connectivity index (χ1v) is 12.7. The highest BCUT2D eigenvalue weighted by Crippen LogP contribution is 2.27. The van der Waals surface area contributed by atoms with Gasteiger partial charge in [-0.2, -0.15) is 4.68 Å². The fourth-order valence-corrected chi connectivity index (χ4v) is 5.21. The highest BCUT2D eigenvalue weighted by atomic mass is 32.2. The van der Waals surface area contributed by atoms with Gasteiger partial charge < -0.3 is 14.7 Å². The number of hydrogen-bond donors (Lipinski definition) is 1. The number of aromatic nitrogens is 4. The molecule has 1 aromatic heterocycles. The molecule has 2 aliphatic rings. The summed E-state index contributed by atoms with van der Waals surface area (Å²) in [6.07, 6.45) is 0.205. The van der Waals surface area contributed by atoms with Crippen LogP contribution >= 0.6 is 11.8 Å². The van der Waals surface area contributed by atoms with Crippen molar-refractivity contribution in [2.45, 2.75) is 30.3 Å². The van der Waals surface area contributed by atoms with Crippen molar-refractivity contribution in [1.29, 1.82) is 0 Å². The number of para-hydroxylation sites is 1. The summed E-state index contributed by atoms with van der Waals surface area (Å²) in [7, 11) is 3.62. The van der Waals surface area contributed by atoms with Crippen LogP contribution in [0.15, 0.2) is 70.8 Å². The number of carbonyl (C=O) groups is 2. The Morgan fingerprint density at radius 1 is 1.06 bits per heavy atom. The van der Waals surface area contributed by atoms with E-state index in [0.29, 0.717) is 24.2 Å². The Balaban J connectivity index is 1.28. The number of tetrazole rings is 1. The van der Waals surface area contributed by atoms with Crippen molar-refractivity contribution >= 4 is 29.7 Å². The number of likely N-dealkylation sites (N-methyl/N-ethyl adjacent to an activating group) is 1. The van der Waals surface area contributed by atoms with Gasteiger partial charge in [0.25, 0.3) is 5.91 Å². The number of guanidine groups is 1. The molecule has 2 unspecified atom stereocenters. The van der Waals surface area contributed by atoms with E-state index in [-0.39, 0.29) is 5.91 Å². The van der Waals surface area contributed by atoms with Crippen LogP contribution in [0.5, 0.6) is 0 Å². The van der Waals surface area contributed by atoms with Crippen LogP contribution < -0.4 is 5.32 Å². The van der Waals surface area contributed by atoms with Gasteiger partial charge in [0.2, 0.25) is 5.16 Å². The lowest BCUT2D eigenvalue weighted by molar-refractivity contribution is -0.127. The maximum atomic E-state index is 12.9. The number of urea groups is 1. The third-order valence-corrected chi connectivity index (χ3v) is 7.16. The molecule has 186 valence electrons. The van der Waals surface area contributed by atoms with Gasteiger partial charge in [-0.25, -0.2) is 9.79 Å². The van der Waals surface area contributed by atoms with Crippen LogP contribution in [0.3, 0.4) is 0 Å². The zero-order valence-electron chi connectivity index (χ0n) is 20.1. The molecular weight excluding hydrogens is 478 g/mol. The molecule has 11 nitrogen and oxygen atoms in total. The number of nitrogens with zero attached hydrogens (tertiary/aromatic N) is 8. The van der Waals surface area contributed by atoms with E-state index in [0.717, 1.165) is 23.4 Å². The van der Waals surface area contributed by atoms with Crippen LogP contribution in [0.1, 0.15) is 12.0 Å². The van der Waals surface area contributed by atoms with Crippen molar-refractivity contribution in [3.05, 3.63) is 66.2 Å². The van der Waals surface area contributed by atoms with E-state index in [1.54, 1.807) is 23.5 Å². The lowest BCUT2D eigenvalue weighted by Gasteiger charge is -2.37. The molecule has 1 saturated heterocycles. The number of thioether (sulfide) groups is 1. The van der Waals surface area contributed by atoms with Gasteiger partial charge in [0, 0.05) is 32.9 Å². The molecule has 2 atom stereocenters. The highest BCUT2D eigenvalue weighted by Gasteiger charge is 2.49. The second kappa shape index (κ2) is 10.4. The van der Waals surface area contributed by atoms with E-state index in [9.17, 15) is 9.59 Å². The van der Waals surface area contributed by atoms with Crippen LogP contribution in [-0.4, -0.2) is 91.4 Å². The van der Waals surface area contributed by atoms with Crippen LogP contribution in [0.4, 0.5) is 4.79 Å². The van der Waals surface area contributed by atoms with Crippen molar-refractivity contribution in [2.75, 3.05) is 26.4 Å². The summed E-state index contributed by atoms with van der Waals surface area (Å²) in [4.78, 5) is 35.4. The maximum absolute atomic E-state index is 12.9. The first kappa shape index (κ1) is 23.8. The normalized spacial score (nSPS) is 19.2. The number of imide groups is 1. The van der Waals surface area contributed by atoms with E-state index in [1.165, 1.54) is 4.90 Å². The standard InChI is InChI=1S/C24H27N9O2S/c1-30(16-17-10-5-3-6-11-17)22-25-20-19(21(34)26-23(35)31(20)2)32(22)14-9-15-36-24-27-28-29-33(24)18-12-7-4-8-13-18/h3-8,10-13,19-20H,9,14-16H2,1-2H3,(H,26,34,35). The molecule has 5 rings (SSSR count). The lowest BCUT2D eigenvalue weighted by atomic mass is 10.1. The summed E-state index contributed by atoms with van der Waals surface area (Å²) in [5.74, 6) is 1.12. The number of fused-ring (bicyclic) bond motifs is 1. The predicted octanol–water partition coefficient (Wildman–Crippen LogP) is 1.82. The molecule has 1 N–H and O–H groups in total. The molecule has 1 fully saturated rings.